The maximum Gasteiger partial charge on any atom is 0.161 e. The summed E-state index contributed by atoms with van der Waals surface area (Å²) in [6.45, 7) is 0. The van der Waals surface area contributed by atoms with Gasteiger partial charge in [0.25, 0.3) is 0 Å². The van der Waals surface area contributed by atoms with E-state index in [0.29, 0.717) is 5.82 Å². The fraction of sp³-hybridized carbons (Fsp3) is 0. The Labute approximate surface area is 333 Å². The summed E-state index contributed by atoms with van der Waals surface area (Å²) in [5, 5.41) is 8.02. The number of fused-ring (bicyclic) bond motifs is 9. The molecule has 0 atom stereocenters. The zero-order valence-electron chi connectivity index (χ0n) is 31.3. The third-order valence-corrected chi connectivity index (χ3v) is 11.6. The van der Waals surface area contributed by atoms with Crippen molar-refractivity contribution < 1.29 is 4.42 Å². The van der Waals surface area contributed by atoms with Crippen LogP contribution in [-0.4, -0.2) is 14.5 Å². The first kappa shape index (κ1) is 32.4. The number of hydrogen-bond acceptors (Lipinski definition) is 3. The maximum atomic E-state index is 6.53. The van der Waals surface area contributed by atoms with Crippen LogP contribution in [0.4, 0.5) is 0 Å². The highest BCUT2D eigenvalue weighted by Gasteiger charge is 2.20. The average Bonchev–Trinajstić information content (AvgIpc) is 3.85. The summed E-state index contributed by atoms with van der Waals surface area (Å²) in [5.74, 6) is 0.668. The molecule has 0 amide bonds. The highest BCUT2D eigenvalue weighted by Crippen LogP contribution is 2.42. The van der Waals surface area contributed by atoms with Crippen molar-refractivity contribution >= 4 is 65.4 Å². The van der Waals surface area contributed by atoms with Gasteiger partial charge in [-0.1, -0.05) is 146 Å². The quantitative estimate of drug-likeness (QED) is 0.177. The van der Waals surface area contributed by atoms with Gasteiger partial charge >= 0.3 is 0 Å². The first-order chi connectivity index (χ1) is 28.7. The van der Waals surface area contributed by atoms with Crippen molar-refractivity contribution in [2.45, 2.75) is 0 Å². The Bertz CT molecular complexity index is 3550. The standard InChI is InChI=1S/C54H33N3O/c1-3-12-34(13-4-1)35-22-24-37(25-23-35)53-42-18-9-10-20-46(42)55-54(56-53)43-19-11-21-50-52(43)45-33-39(28-31-49(45)58-50)38-27-29-47-44(32-38)51-41-17-8-7-14-36(41)26-30-48(51)57(47)40-15-5-2-6-16-40/h1-33H. The third kappa shape index (κ3) is 5.09. The number of furan rings is 1. The summed E-state index contributed by atoms with van der Waals surface area (Å²) >= 11 is 0. The molecular formula is C54H33N3O. The first-order valence-electron chi connectivity index (χ1n) is 19.7. The van der Waals surface area contributed by atoms with E-state index in [0.717, 1.165) is 66.5 Å². The maximum absolute atomic E-state index is 6.53. The molecule has 270 valence electrons. The van der Waals surface area contributed by atoms with Crippen LogP contribution in [0.25, 0.3) is 116 Å². The summed E-state index contributed by atoms with van der Waals surface area (Å²) in [4.78, 5) is 10.5. The molecule has 4 heteroatoms. The molecule has 58 heavy (non-hydrogen) atoms. The van der Waals surface area contributed by atoms with Gasteiger partial charge in [-0.3, -0.25) is 0 Å². The van der Waals surface area contributed by atoms with Gasteiger partial charge in [-0.2, -0.15) is 0 Å². The van der Waals surface area contributed by atoms with Crippen LogP contribution < -0.4 is 0 Å². The molecule has 4 nitrogen and oxygen atoms in total. The van der Waals surface area contributed by atoms with E-state index in [4.69, 9.17) is 14.4 Å². The van der Waals surface area contributed by atoms with Crippen molar-refractivity contribution in [1.82, 2.24) is 14.5 Å². The second-order valence-electron chi connectivity index (χ2n) is 14.9. The van der Waals surface area contributed by atoms with E-state index in [-0.39, 0.29) is 0 Å². The van der Waals surface area contributed by atoms with E-state index >= 15 is 0 Å². The Morgan fingerprint density at radius 3 is 1.88 bits per heavy atom. The molecule has 12 aromatic rings. The minimum atomic E-state index is 0.668. The molecule has 0 aliphatic carbocycles. The summed E-state index contributed by atoms with van der Waals surface area (Å²) < 4.78 is 8.92. The van der Waals surface area contributed by atoms with Crippen molar-refractivity contribution in [3.63, 3.8) is 0 Å². The van der Waals surface area contributed by atoms with Crippen LogP contribution in [-0.2, 0) is 0 Å². The molecule has 0 spiro atoms. The molecule has 0 saturated carbocycles. The van der Waals surface area contributed by atoms with Crippen LogP contribution in [0.3, 0.4) is 0 Å². The molecule has 0 aliphatic heterocycles. The molecule has 0 N–H and O–H groups in total. The Kier molecular flexibility index (Phi) is 7.20. The highest BCUT2D eigenvalue weighted by atomic mass is 16.3. The Hall–Kier alpha value is -7.82. The van der Waals surface area contributed by atoms with Crippen molar-refractivity contribution in [3.05, 3.63) is 200 Å². The largest absolute Gasteiger partial charge is 0.456 e. The van der Waals surface area contributed by atoms with Crippen molar-refractivity contribution in [2.75, 3.05) is 0 Å². The van der Waals surface area contributed by atoms with E-state index in [1.807, 2.05) is 24.3 Å². The molecule has 9 aromatic carbocycles. The van der Waals surface area contributed by atoms with Gasteiger partial charge in [0.15, 0.2) is 5.82 Å². The lowest BCUT2D eigenvalue weighted by Crippen LogP contribution is -1.95. The van der Waals surface area contributed by atoms with Crippen LogP contribution >= 0.6 is 0 Å². The van der Waals surface area contributed by atoms with Crippen molar-refractivity contribution in [3.8, 4) is 50.6 Å². The SMILES string of the molecule is c1ccc(-c2ccc(-c3nc(-c4cccc5oc6ccc(-c7ccc8c(c7)c7c9ccccc9ccc7n8-c7ccccc7)cc6c45)nc4ccccc34)cc2)cc1. The number of benzene rings is 9. The zero-order valence-corrected chi connectivity index (χ0v) is 31.3. The lowest BCUT2D eigenvalue weighted by molar-refractivity contribution is 0.669. The van der Waals surface area contributed by atoms with E-state index in [1.165, 1.54) is 43.7 Å². The van der Waals surface area contributed by atoms with Crippen LogP contribution in [0.2, 0.25) is 0 Å². The van der Waals surface area contributed by atoms with E-state index in [1.54, 1.807) is 0 Å². The molecule has 0 unspecified atom stereocenters. The minimum absolute atomic E-state index is 0.668. The molecule has 12 rings (SSSR count). The van der Waals surface area contributed by atoms with Crippen molar-refractivity contribution in [1.29, 1.82) is 0 Å². The molecule has 3 aromatic heterocycles. The highest BCUT2D eigenvalue weighted by molar-refractivity contribution is 6.22. The third-order valence-electron chi connectivity index (χ3n) is 11.6. The van der Waals surface area contributed by atoms with Gasteiger partial charge in [0, 0.05) is 43.7 Å². The van der Waals surface area contributed by atoms with Gasteiger partial charge in [-0.05, 0) is 87.6 Å². The topological polar surface area (TPSA) is 43.9 Å². The number of rotatable bonds is 5. The monoisotopic (exact) mass is 739 g/mol. The minimum Gasteiger partial charge on any atom is -0.456 e. The average molecular weight is 740 g/mol. The smallest absolute Gasteiger partial charge is 0.161 e. The molecule has 0 bridgehead atoms. The van der Waals surface area contributed by atoms with Gasteiger partial charge in [-0.15, -0.1) is 0 Å². The van der Waals surface area contributed by atoms with Gasteiger partial charge < -0.3 is 8.98 Å². The van der Waals surface area contributed by atoms with Crippen LogP contribution in [0.15, 0.2) is 205 Å². The lowest BCUT2D eigenvalue weighted by atomic mass is 9.98. The molecule has 0 saturated heterocycles. The lowest BCUT2D eigenvalue weighted by Gasteiger charge is -2.11. The molecule has 3 heterocycles. The predicted molar refractivity (Wildman–Crippen MR) is 240 cm³/mol. The molecule has 0 aliphatic rings. The summed E-state index contributed by atoms with van der Waals surface area (Å²) in [6.07, 6.45) is 0. The number of aromatic nitrogens is 3. The molecule has 0 fully saturated rings. The van der Waals surface area contributed by atoms with E-state index < -0.39 is 0 Å². The second kappa shape index (κ2) is 12.9. The molecule has 0 radical (unpaired) electrons. The van der Waals surface area contributed by atoms with Gasteiger partial charge in [0.1, 0.15) is 11.2 Å². The number of para-hydroxylation sites is 2. The zero-order chi connectivity index (χ0) is 38.2. The summed E-state index contributed by atoms with van der Waals surface area (Å²) in [7, 11) is 0. The predicted octanol–water partition coefficient (Wildman–Crippen LogP) is 14.4. The van der Waals surface area contributed by atoms with Crippen molar-refractivity contribution in [2.24, 2.45) is 0 Å². The Morgan fingerprint density at radius 2 is 1.03 bits per heavy atom. The second-order valence-corrected chi connectivity index (χ2v) is 14.9. The normalized spacial score (nSPS) is 11.8. The number of nitrogens with zero attached hydrogens (tertiary/aromatic N) is 3. The summed E-state index contributed by atoms with van der Waals surface area (Å²) in [6, 6.07) is 70.8. The fourth-order valence-corrected chi connectivity index (χ4v) is 8.89. The van der Waals surface area contributed by atoms with Gasteiger partial charge in [0.2, 0.25) is 0 Å². The summed E-state index contributed by atoms with van der Waals surface area (Å²) in [5.41, 5.74) is 13.6. The molecular weight excluding hydrogens is 707 g/mol. The van der Waals surface area contributed by atoms with Gasteiger partial charge in [-0.25, -0.2) is 9.97 Å². The Balaban J connectivity index is 1.03. The first-order valence-corrected chi connectivity index (χ1v) is 19.7. The fourth-order valence-electron chi connectivity index (χ4n) is 8.89. The number of hydrogen-bond donors (Lipinski definition) is 0. The van der Waals surface area contributed by atoms with Gasteiger partial charge in [0.05, 0.1) is 22.2 Å². The van der Waals surface area contributed by atoms with E-state index in [9.17, 15) is 0 Å². The van der Waals surface area contributed by atoms with Crippen LogP contribution in [0.1, 0.15) is 0 Å². The van der Waals surface area contributed by atoms with Crippen LogP contribution in [0.5, 0.6) is 0 Å². The Morgan fingerprint density at radius 1 is 0.379 bits per heavy atom. The van der Waals surface area contributed by atoms with E-state index in [2.05, 4.69) is 180 Å². The van der Waals surface area contributed by atoms with Crippen LogP contribution in [0, 0.1) is 0 Å².